The highest BCUT2D eigenvalue weighted by Gasteiger charge is 2.52. The van der Waals surface area contributed by atoms with Crippen LogP contribution in [-0.4, -0.2) is 35.7 Å². The number of fused-ring (bicyclic) bond motifs is 1. The van der Waals surface area contributed by atoms with Crippen LogP contribution in [0.4, 0.5) is 0 Å². The Morgan fingerprint density at radius 3 is 2.59 bits per heavy atom. The molecule has 0 aromatic rings. The van der Waals surface area contributed by atoms with Crippen molar-refractivity contribution in [2.45, 2.75) is 84.4 Å². The predicted octanol–water partition coefficient (Wildman–Crippen LogP) is 4.23. The molecule has 0 amide bonds. The Balaban J connectivity index is 2.24. The van der Waals surface area contributed by atoms with Gasteiger partial charge < -0.3 is 4.74 Å². The first-order valence-electron chi connectivity index (χ1n) is 9.24. The summed E-state index contributed by atoms with van der Waals surface area (Å²) in [4.78, 5) is 2.70. The van der Waals surface area contributed by atoms with Crippen molar-refractivity contribution < 1.29 is 4.74 Å². The van der Waals surface area contributed by atoms with Gasteiger partial charge in [-0.05, 0) is 57.3 Å². The zero-order chi connectivity index (χ0) is 16.3. The van der Waals surface area contributed by atoms with Crippen molar-refractivity contribution in [1.82, 2.24) is 4.90 Å². The van der Waals surface area contributed by atoms with E-state index in [1.807, 2.05) is 0 Å². The van der Waals surface area contributed by atoms with Crippen LogP contribution in [0.5, 0.6) is 0 Å². The van der Waals surface area contributed by atoms with Crippen molar-refractivity contribution >= 4 is 0 Å². The number of nitrogens with zero attached hydrogens (tertiary/aromatic N) is 2. The highest BCUT2D eigenvalue weighted by atomic mass is 16.5. The average molecular weight is 306 g/mol. The predicted molar refractivity (Wildman–Crippen MR) is 90.5 cm³/mol. The van der Waals surface area contributed by atoms with Gasteiger partial charge in [0.1, 0.15) is 0 Å². The molecule has 3 nitrogen and oxygen atoms in total. The Morgan fingerprint density at radius 2 is 2.00 bits per heavy atom. The van der Waals surface area contributed by atoms with E-state index in [2.05, 4.69) is 45.6 Å². The van der Waals surface area contributed by atoms with Crippen LogP contribution in [0.25, 0.3) is 0 Å². The Hall–Kier alpha value is -0.590. The maximum atomic E-state index is 9.07. The van der Waals surface area contributed by atoms with Gasteiger partial charge in [0.2, 0.25) is 0 Å². The van der Waals surface area contributed by atoms with Gasteiger partial charge >= 0.3 is 0 Å². The number of likely N-dealkylation sites (tertiary alicyclic amines) is 1. The number of rotatable bonds is 5. The molecule has 3 heteroatoms. The van der Waals surface area contributed by atoms with E-state index in [4.69, 9.17) is 10.00 Å². The molecule has 1 aliphatic heterocycles. The summed E-state index contributed by atoms with van der Waals surface area (Å²) >= 11 is 0. The van der Waals surface area contributed by atoms with E-state index in [1.165, 1.54) is 25.7 Å². The summed E-state index contributed by atoms with van der Waals surface area (Å²) in [6.45, 7) is 13.5. The lowest BCUT2D eigenvalue weighted by molar-refractivity contribution is -0.128. The van der Waals surface area contributed by atoms with Gasteiger partial charge in [0.05, 0.1) is 12.2 Å². The van der Waals surface area contributed by atoms with E-state index >= 15 is 0 Å². The molecule has 22 heavy (non-hydrogen) atoms. The van der Waals surface area contributed by atoms with Gasteiger partial charge in [-0.15, -0.1) is 0 Å². The minimum atomic E-state index is 0.232. The number of nitriles is 1. The smallest absolute Gasteiger partial charge is 0.0635 e. The molecule has 6 atom stereocenters. The quantitative estimate of drug-likeness (QED) is 0.762. The molecule has 1 heterocycles. The molecule has 0 radical (unpaired) electrons. The van der Waals surface area contributed by atoms with Crippen molar-refractivity contribution in [2.75, 3.05) is 13.2 Å². The lowest BCUT2D eigenvalue weighted by Gasteiger charge is -2.61. The van der Waals surface area contributed by atoms with Crippen LogP contribution in [0.15, 0.2) is 0 Å². The van der Waals surface area contributed by atoms with Crippen LogP contribution in [0.3, 0.4) is 0 Å². The van der Waals surface area contributed by atoms with Crippen molar-refractivity contribution in [3.8, 4) is 6.07 Å². The molecule has 0 N–H and O–H groups in total. The highest BCUT2D eigenvalue weighted by Crippen LogP contribution is 2.50. The average Bonchev–Trinajstić information content (AvgIpc) is 2.53. The van der Waals surface area contributed by atoms with E-state index in [0.717, 1.165) is 25.0 Å². The van der Waals surface area contributed by atoms with E-state index in [1.54, 1.807) is 0 Å². The lowest BCUT2D eigenvalue weighted by Crippen LogP contribution is -2.65. The monoisotopic (exact) mass is 306 g/mol. The first-order valence-corrected chi connectivity index (χ1v) is 9.24. The topological polar surface area (TPSA) is 36.3 Å². The highest BCUT2D eigenvalue weighted by molar-refractivity contribution is 5.06. The Bertz CT molecular complexity index is 405. The maximum absolute atomic E-state index is 9.07. The number of hydrogen-bond donors (Lipinski definition) is 0. The Morgan fingerprint density at radius 1 is 1.27 bits per heavy atom. The van der Waals surface area contributed by atoms with Gasteiger partial charge in [0, 0.05) is 31.2 Å². The first kappa shape index (κ1) is 17.8. The van der Waals surface area contributed by atoms with Gasteiger partial charge in [-0.3, -0.25) is 4.90 Å². The summed E-state index contributed by atoms with van der Waals surface area (Å²) in [5.74, 6) is 2.12. The first-order chi connectivity index (χ1) is 10.5. The second kappa shape index (κ2) is 7.32. The molecular weight excluding hydrogens is 272 g/mol. The zero-order valence-corrected chi connectivity index (χ0v) is 15.1. The molecule has 126 valence electrons. The summed E-state index contributed by atoms with van der Waals surface area (Å²) in [5.41, 5.74) is 0.232. The van der Waals surface area contributed by atoms with Crippen LogP contribution in [0, 0.1) is 29.1 Å². The summed E-state index contributed by atoms with van der Waals surface area (Å²) in [6.07, 6.45) is 5.88. The third kappa shape index (κ3) is 3.05. The standard InChI is InChI=1S/C19H34N2O/c1-6-19(5)15(4)14(3)17-13-16(22-7-2)9-10-18(17)21(19)12-8-11-20/h14-18H,6-10,12-13H2,1-5H3. The maximum Gasteiger partial charge on any atom is 0.0635 e. The van der Waals surface area contributed by atoms with Crippen molar-refractivity contribution in [3.63, 3.8) is 0 Å². The SMILES string of the molecule is CCOC1CCC2C(C1)C(C)C(C)C(C)(CC)N2CCC#N. The van der Waals surface area contributed by atoms with Gasteiger partial charge in [0.15, 0.2) is 0 Å². The largest absolute Gasteiger partial charge is 0.378 e. The molecular formula is C19H34N2O. The van der Waals surface area contributed by atoms with Crippen LogP contribution >= 0.6 is 0 Å². The lowest BCUT2D eigenvalue weighted by atomic mass is 9.60. The van der Waals surface area contributed by atoms with Crippen molar-refractivity contribution in [2.24, 2.45) is 17.8 Å². The fraction of sp³-hybridized carbons (Fsp3) is 0.947. The van der Waals surface area contributed by atoms with Crippen molar-refractivity contribution in [1.29, 1.82) is 5.26 Å². The van der Waals surface area contributed by atoms with Gasteiger partial charge in [0.25, 0.3) is 0 Å². The minimum absolute atomic E-state index is 0.232. The van der Waals surface area contributed by atoms with Gasteiger partial charge in [-0.25, -0.2) is 0 Å². The molecule has 0 aromatic heterocycles. The molecule has 0 aromatic carbocycles. The van der Waals surface area contributed by atoms with Gasteiger partial charge in [-0.2, -0.15) is 5.26 Å². The second-order valence-corrected chi connectivity index (χ2v) is 7.58. The molecule has 1 aliphatic carbocycles. The summed E-state index contributed by atoms with van der Waals surface area (Å²) in [6, 6.07) is 3.00. The van der Waals surface area contributed by atoms with E-state index in [9.17, 15) is 0 Å². The number of ether oxygens (including phenoxy) is 1. The minimum Gasteiger partial charge on any atom is -0.378 e. The Kier molecular flexibility index (Phi) is 5.91. The molecule has 2 rings (SSSR count). The third-order valence-corrected chi connectivity index (χ3v) is 6.90. The number of hydrogen-bond acceptors (Lipinski definition) is 3. The Labute approximate surface area is 137 Å². The van der Waals surface area contributed by atoms with E-state index in [0.29, 0.717) is 24.5 Å². The van der Waals surface area contributed by atoms with E-state index < -0.39 is 0 Å². The second-order valence-electron chi connectivity index (χ2n) is 7.58. The molecule has 0 bridgehead atoms. The molecule has 0 spiro atoms. The van der Waals surface area contributed by atoms with E-state index in [-0.39, 0.29) is 5.54 Å². The van der Waals surface area contributed by atoms with Gasteiger partial charge in [-0.1, -0.05) is 20.8 Å². The molecule has 2 aliphatic rings. The van der Waals surface area contributed by atoms with Crippen molar-refractivity contribution in [3.05, 3.63) is 0 Å². The molecule has 1 saturated carbocycles. The molecule has 1 saturated heterocycles. The molecule has 2 fully saturated rings. The summed E-state index contributed by atoms with van der Waals surface area (Å²) < 4.78 is 5.94. The van der Waals surface area contributed by atoms with Crippen LogP contribution in [-0.2, 0) is 4.74 Å². The summed E-state index contributed by atoms with van der Waals surface area (Å²) in [5, 5.41) is 9.07. The fourth-order valence-corrected chi connectivity index (χ4v) is 5.18. The normalized spacial score (nSPS) is 42.6. The third-order valence-electron chi connectivity index (χ3n) is 6.90. The zero-order valence-electron chi connectivity index (χ0n) is 15.1. The van der Waals surface area contributed by atoms with Crippen LogP contribution in [0.1, 0.15) is 66.7 Å². The molecule has 6 unspecified atom stereocenters. The number of piperidine rings is 1. The summed E-state index contributed by atoms with van der Waals surface area (Å²) in [7, 11) is 0. The van der Waals surface area contributed by atoms with Crippen LogP contribution < -0.4 is 0 Å². The van der Waals surface area contributed by atoms with Crippen LogP contribution in [0.2, 0.25) is 0 Å². The fourth-order valence-electron chi connectivity index (χ4n) is 5.18.